The molecule has 0 N–H and O–H groups in total. The number of nitrogens with zero attached hydrogens (tertiary/aromatic N) is 5. The molecule has 0 spiro atoms. The first kappa shape index (κ1) is 20.7. The van der Waals surface area contributed by atoms with Crippen LogP contribution in [0.5, 0.6) is 0 Å². The van der Waals surface area contributed by atoms with Crippen molar-refractivity contribution in [3.8, 4) is 5.69 Å². The molecule has 0 radical (unpaired) electrons. The van der Waals surface area contributed by atoms with Gasteiger partial charge in [0.25, 0.3) is 0 Å². The molecular formula is C21H24FN5O2S. The molecule has 1 aromatic carbocycles. The summed E-state index contributed by atoms with van der Waals surface area (Å²) in [4.78, 5) is 12.9. The standard InChI is InChI=1S/C21H24FN5O2S/c1-13-6-7-16(10-19(13)22)27-14(2)9-18(15(27)3)20(28)12-30-21-23-24-25-26(21)11-17-5-4-8-29-17/h6-7,9-10,17H,4-5,8,11-12H2,1-3H3. The van der Waals surface area contributed by atoms with Gasteiger partial charge in [-0.1, -0.05) is 17.8 Å². The van der Waals surface area contributed by atoms with Crippen LogP contribution in [0.2, 0.25) is 0 Å². The van der Waals surface area contributed by atoms with Crippen molar-refractivity contribution in [3.63, 3.8) is 0 Å². The smallest absolute Gasteiger partial charge is 0.209 e. The van der Waals surface area contributed by atoms with E-state index in [1.54, 1.807) is 17.7 Å². The SMILES string of the molecule is Cc1ccc(-n2c(C)cc(C(=O)CSc3nnnn3CC3CCCO3)c2C)cc1F. The summed E-state index contributed by atoms with van der Waals surface area (Å²) in [6, 6.07) is 6.96. The molecule has 2 aromatic heterocycles. The number of aryl methyl sites for hydroxylation is 2. The van der Waals surface area contributed by atoms with Gasteiger partial charge in [-0.25, -0.2) is 9.07 Å². The van der Waals surface area contributed by atoms with Gasteiger partial charge in [-0.05, 0) is 67.8 Å². The molecule has 1 atom stereocenters. The number of halogens is 1. The summed E-state index contributed by atoms with van der Waals surface area (Å²) in [7, 11) is 0. The maximum atomic E-state index is 14.0. The van der Waals surface area contributed by atoms with Gasteiger partial charge in [-0.3, -0.25) is 4.79 Å². The second kappa shape index (κ2) is 8.69. The van der Waals surface area contributed by atoms with Crippen molar-refractivity contribution < 1.29 is 13.9 Å². The van der Waals surface area contributed by atoms with E-state index >= 15 is 0 Å². The largest absolute Gasteiger partial charge is 0.376 e. The first-order valence-electron chi connectivity index (χ1n) is 9.93. The Kier molecular flexibility index (Phi) is 6.01. The molecule has 4 rings (SSSR count). The van der Waals surface area contributed by atoms with Gasteiger partial charge in [0.15, 0.2) is 5.78 Å². The van der Waals surface area contributed by atoms with Gasteiger partial charge in [0.2, 0.25) is 5.16 Å². The summed E-state index contributed by atoms with van der Waals surface area (Å²) < 4.78 is 23.3. The molecule has 1 fully saturated rings. The molecule has 0 saturated carbocycles. The van der Waals surface area contributed by atoms with Crippen molar-refractivity contribution in [3.05, 3.63) is 52.6 Å². The van der Waals surface area contributed by atoms with Crippen LogP contribution in [0, 0.1) is 26.6 Å². The molecule has 1 saturated heterocycles. The van der Waals surface area contributed by atoms with Gasteiger partial charge in [0.05, 0.1) is 18.4 Å². The van der Waals surface area contributed by atoms with Crippen LogP contribution in [0.4, 0.5) is 4.39 Å². The molecule has 158 valence electrons. The summed E-state index contributed by atoms with van der Waals surface area (Å²) in [6.07, 6.45) is 2.17. The van der Waals surface area contributed by atoms with Crippen LogP contribution in [0.1, 0.15) is 40.2 Å². The molecule has 0 aliphatic carbocycles. The number of thioether (sulfide) groups is 1. The van der Waals surface area contributed by atoms with Gasteiger partial charge in [-0.15, -0.1) is 5.10 Å². The van der Waals surface area contributed by atoms with Gasteiger partial charge in [-0.2, -0.15) is 0 Å². The summed E-state index contributed by atoms with van der Waals surface area (Å²) in [5, 5.41) is 12.4. The third-order valence-electron chi connectivity index (χ3n) is 5.38. The number of hydrogen-bond acceptors (Lipinski definition) is 6. The van der Waals surface area contributed by atoms with Crippen LogP contribution in [-0.4, -0.2) is 49.0 Å². The molecule has 1 unspecified atom stereocenters. The number of benzene rings is 1. The highest BCUT2D eigenvalue weighted by Crippen LogP contribution is 2.25. The number of Topliss-reactive ketones (excluding diaryl/α,β-unsaturated/α-hetero) is 1. The quantitative estimate of drug-likeness (QED) is 0.421. The Morgan fingerprint density at radius 3 is 2.87 bits per heavy atom. The summed E-state index contributed by atoms with van der Waals surface area (Å²) in [5.41, 5.74) is 3.60. The average molecular weight is 430 g/mol. The zero-order valence-corrected chi connectivity index (χ0v) is 18.1. The zero-order chi connectivity index (χ0) is 21.3. The minimum absolute atomic E-state index is 0.0152. The lowest BCUT2D eigenvalue weighted by Crippen LogP contribution is -2.17. The predicted molar refractivity (Wildman–Crippen MR) is 112 cm³/mol. The summed E-state index contributed by atoms with van der Waals surface area (Å²) >= 11 is 1.32. The van der Waals surface area contributed by atoms with Crippen LogP contribution in [0.25, 0.3) is 5.69 Å². The lowest BCUT2D eigenvalue weighted by Gasteiger charge is -2.11. The van der Waals surface area contributed by atoms with Gasteiger partial charge in [0.1, 0.15) is 5.82 Å². The van der Waals surface area contributed by atoms with E-state index < -0.39 is 0 Å². The van der Waals surface area contributed by atoms with E-state index in [1.165, 1.54) is 17.8 Å². The topological polar surface area (TPSA) is 74.8 Å². The van der Waals surface area contributed by atoms with Gasteiger partial charge in [0, 0.05) is 29.2 Å². The Balaban J connectivity index is 1.48. The number of carbonyl (C=O) groups excluding carboxylic acids is 1. The van der Waals surface area contributed by atoms with Gasteiger partial charge < -0.3 is 9.30 Å². The maximum Gasteiger partial charge on any atom is 0.209 e. The Labute approximate surface area is 178 Å². The average Bonchev–Trinajstić information content (AvgIpc) is 3.44. The van der Waals surface area contributed by atoms with Crippen LogP contribution in [0.15, 0.2) is 29.4 Å². The fourth-order valence-corrected chi connectivity index (χ4v) is 4.54. The molecule has 1 aliphatic heterocycles. The zero-order valence-electron chi connectivity index (χ0n) is 17.3. The van der Waals surface area contributed by atoms with E-state index in [0.29, 0.717) is 28.5 Å². The number of carbonyl (C=O) groups is 1. The minimum atomic E-state index is -0.262. The Morgan fingerprint density at radius 1 is 1.30 bits per heavy atom. The number of ketones is 1. The second-order valence-electron chi connectivity index (χ2n) is 7.54. The first-order valence-corrected chi connectivity index (χ1v) is 10.9. The predicted octanol–water partition coefficient (Wildman–Crippen LogP) is 3.68. The van der Waals surface area contributed by atoms with Crippen LogP contribution >= 0.6 is 11.8 Å². The van der Waals surface area contributed by atoms with Gasteiger partial charge >= 0.3 is 0 Å². The minimum Gasteiger partial charge on any atom is -0.376 e. The van der Waals surface area contributed by atoms with E-state index in [-0.39, 0.29) is 23.5 Å². The molecule has 30 heavy (non-hydrogen) atoms. The van der Waals surface area contributed by atoms with Crippen LogP contribution in [0.3, 0.4) is 0 Å². The van der Waals surface area contributed by atoms with Crippen molar-refractivity contribution in [1.82, 2.24) is 24.8 Å². The number of hydrogen-bond donors (Lipinski definition) is 0. The fraction of sp³-hybridized carbons (Fsp3) is 0.429. The fourth-order valence-electron chi connectivity index (χ4n) is 3.77. The van der Waals surface area contributed by atoms with Crippen LogP contribution < -0.4 is 0 Å². The Hall–Kier alpha value is -2.52. The molecular weight excluding hydrogens is 405 g/mol. The second-order valence-corrected chi connectivity index (χ2v) is 8.49. The maximum absolute atomic E-state index is 14.0. The molecule has 3 aromatic rings. The lowest BCUT2D eigenvalue weighted by atomic mass is 10.2. The highest BCUT2D eigenvalue weighted by atomic mass is 32.2. The molecule has 3 heterocycles. The van der Waals surface area contributed by atoms with E-state index in [0.717, 1.165) is 30.8 Å². The number of rotatable bonds is 7. The third-order valence-corrected chi connectivity index (χ3v) is 6.33. The number of aromatic nitrogens is 5. The monoisotopic (exact) mass is 429 g/mol. The molecule has 1 aliphatic rings. The third kappa shape index (κ3) is 4.17. The normalized spacial score (nSPS) is 16.3. The van der Waals surface area contributed by atoms with E-state index in [9.17, 15) is 9.18 Å². The van der Waals surface area contributed by atoms with Crippen molar-refractivity contribution in [2.24, 2.45) is 0 Å². The Morgan fingerprint density at radius 2 is 2.13 bits per heavy atom. The van der Waals surface area contributed by atoms with Crippen molar-refractivity contribution in [1.29, 1.82) is 0 Å². The number of tetrazole rings is 1. The molecule has 0 amide bonds. The molecule has 0 bridgehead atoms. The van der Waals surface area contributed by atoms with E-state index in [2.05, 4.69) is 15.5 Å². The van der Waals surface area contributed by atoms with Crippen molar-refractivity contribution in [2.75, 3.05) is 12.4 Å². The van der Waals surface area contributed by atoms with Crippen molar-refractivity contribution >= 4 is 17.5 Å². The van der Waals surface area contributed by atoms with Crippen LogP contribution in [-0.2, 0) is 11.3 Å². The van der Waals surface area contributed by atoms with Crippen molar-refractivity contribution in [2.45, 2.75) is 51.4 Å². The van der Waals surface area contributed by atoms with E-state index in [1.807, 2.05) is 30.5 Å². The summed E-state index contributed by atoms with van der Waals surface area (Å²) in [5.74, 6) is -0.0570. The van der Waals surface area contributed by atoms with E-state index in [4.69, 9.17) is 4.74 Å². The molecule has 9 heteroatoms. The first-order chi connectivity index (χ1) is 14.4. The summed E-state index contributed by atoms with van der Waals surface area (Å²) in [6.45, 7) is 6.89. The Bertz CT molecular complexity index is 1070. The lowest BCUT2D eigenvalue weighted by molar-refractivity contribution is 0.0912. The highest BCUT2D eigenvalue weighted by molar-refractivity contribution is 7.99. The highest BCUT2D eigenvalue weighted by Gasteiger charge is 2.21. The number of ether oxygens (including phenoxy) is 1. The molecule has 7 nitrogen and oxygen atoms in total.